The maximum atomic E-state index is 13.5. The Balaban J connectivity index is 1.51. The van der Waals surface area contributed by atoms with Gasteiger partial charge in [0.15, 0.2) is 0 Å². The number of aryl methyl sites for hydroxylation is 1. The summed E-state index contributed by atoms with van der Waals surface area (Å²) >= 11 is 1.51. The third-order valence-corrected chi connectivity index (χ3v) is 7.21. The number of methoxy groups -OCH3 is 1. The van der Waals surface area contributed by atoms with Crippen molar-refractivity contribution in [2.24, 2.45) is 0 Å². The van der Waals surface area contributed by atoms with Gasteiger partial charge in [0, 0.05) is 62.4 Å². The monoisotopic (exact) mass is 484 g/mol. The second-order valence-corrected chi connectivity index (χ2v) is 9.82. The first-order chi connectivity index (χ1) is 16.4. The summed E-state index contributed by atoms with van der Waals surface area (Å²) < 4.78 is 13.0. The number of hydrogen-bond acceptors (Lipinski definition) is 7. The molecule has 0 fully saturated rings. The van der Waals surface area contributed by atoms with E-state index in [4.69, 9.17) is 9.15 Å². The minimum Gasteiger partial charge on any atom is -0.496 e. The Kier molecular flexibility index (Phi) is 7.53. The van der Waals surface area contributed by atoms with E-state index in [1.807, 2.05) is 24.4 Å². The van der Waals surface area contributed by atoms with Gasteiger partial charge in [0.25, 0.3) is 11.5 Å². The van der Waals surface area contributed by atoms with Crippen LogP contribution in [0.15, 0.2) is 39.0 Å². The molecule has 8 nitrogen and oxygen atoms in total. The van der Waals surface area contributed by atoms with Crippen molar-refractivity contribution in [2.75, 3.05) is 33.8 Å². The zero-order valence-corrected chi connectivity index (χ0v) is 21.1. The molecule has 1 aliphatic heterocycles. The number of nitrogens with zero attached hydrogens (tertiary/aromatic N) is 4. The highest BCUT2D eigenvalue weighted by Gasteiger charge is 2.27. The van der Waals surface area contributed by atoms with Crippen molar-refractivity contribution in [2.45, 2.75) is 45.7 Å². The molecule has 0 aliphatic carbocycles. The molecule has 3 aromatic heterocycles. The van der Waals surface area contributed by atoms with Gasteiger partial charge in [0.1, 0.15) is 27.8 Å². The zero-order valence-electron chi connectivity index (χ0n) is 20.2. The summed E-state index contributed by atoms with van der Waals surface area (Å²) in [5.74, 6) is 2.43. The normalized spacial score (nSPS) is 14.9. The number of aromatic nitrogens is 2. The van der Waals surface area contributed by atoms with Crippen molar-refractivity contribution >= 4 is 17.2 Å². The minimum absolute atomic E-state index is 0.132. The molecule has 182 valence electrons. The largest absolute Gasteiger partial charge is 0.496 e. The van der Waals surface area contributed by atoms with E-state index in [0.29, 0.717) is 36.7 Å². The second-order valence-electron chi connectivity index (χ2n) is 8.84. The van der Waals surface area contributed by atoms with Crippen LogP contribution in [0.25, 0.3) is 0 Å². The molecule has 34 heavy (non-hydrogen) atoms. The van der Waals surface area contributed by atoms with Crippen LogP contribution in [0.1, 0.15) is 51.8 Å². The number of furan rings is 1. The predicted octanol–water partition coefficient (Wildman–Crippen LogP) is 3.54. The highest BCUT2D eigenvalue weighted by atomic mass is 32.1. The van der Waals surface area contributed by atoms with Crippen molar-refractivity contribution in [3.8, 4) is 5.75 Å². The number of thiazole rings is 1. The lowest BCUT2D eigenvalue weighted by molar-refractivity contribution is 0.0779. The van der Waals surface area contributed by atoms with Crippen LogP contribution in [-0.4, -0.2) is 59.0 Å². The van der Waals surface area contributed by atoms with E-state index in [0.717, 1.165) is 48.3 Å². The Bertz CT molecular complexity index is 1180. The molecular weight excluding hydrogens is 452 g/mol. The number of pyridine rings is 1. The van der Waals surface area contributed by atoms with E-state index in [-0.39, 0.29) is 11.5 Å². The fraction of sp³-hybridized carbons (Fsp3) is 0.480. The van der Waals surface area contributed by atoms with E-state index >= 15 is 0 Å². The maximum absolute atomic E-state index is 13.5. The fourth-order valence-electron chi connectivity index (χ4n) is 4.44. The summed E-state index contributed by atoms with van der Waals surface area (Å²) in [6, 6.07) is 5.48. The number of carbonyl (C=O) groups excluding carboxylic acids is 1. The molecule has 1 amide bonds. The van der Waals surface area contributed by atoms with E-state index < -0.39 is 0 Å². The van der Waals surface area contributed by atoms with Gasteiger partial charge in [-0.05, 0) is 32.0 Å². The molecule has 0 N–H and O–H groups in total. The number of carbonyl (C=O) groups is 1. The third kappa shape index (κ3) is 5.26. The number of amides is 1. The quantitative estimate of drug-likeness (QED) is 0.487. The van der Waals surface area contributed by atoms with Crippen molar-refractivity contribution in [1.29, 1.82) is 0 Å². The average Bonchev–Trinajstić information content (AvgIpc) is 3.44. The first-order valence-corrected chi connectivity index (χ1v) is 12.5. The topological polar surface area (TPSA) is 80.8 Å². The van der Waals surface area contributed by atoms with Crippen LogP contribution in [0.3, 0.4) is 0 Å². The summed E-state index contributed by atoms with van der Waals surface area (Å²) in [7, 11) is 3.26. The van der Waals surface area contributed by atoms with Gasteiger partial charge < -0.3 is 23.5 Å². The molecule has 4 heterocycles. The van der Waals surface area contributed by atoms with Crippen LogP contribution >= 0.6 is 11.3 Å². The molecule has 1 aliphatic rings. The lowest BCUT2D eigenvalue weighted by atomic mass is 10.0. The van der Waals surface area contributed by atoms with Gasteiger partial charge in [-0.1, -0.05) is 6.92 Å². The molecule has 0 unspecified atom stereocenters. The lowest BCUT2D eigenvalue weighted by Gasteiger charge is -2.22. The molecule has 9 heteroatoms. The molecule has 3 aromatic rings. The SMILES string of the molecule is COc1cc(=O)n2c(c1C(=O)N(C)Cc1nccs1)CCN(CC[C@@H](C)c1ccc(C)o1)CC2. The Morgan fingerprint density at radius 3 is 2.82 bits per heavy atom. The van der Waals surface area contributed by atoms with Crippen LogP contribution in [0.5, 0.6) is 5.75 Å². The molecule has 0 radical (unpaired) electrons. The zero-order chi connectivity index (χ0) is 24.2. The van der Waals surface area contributed by atoms with Crippen molar-refractivity contribution < 1.29 is 13.9 Å². The number of hydrogen-bond donors (Lipinski definition) is 0. The molecule has 4 rings (SSSR count). The first-order valence-electron chi connectivity index (χ1n) is 11.6. The summed E-state index contributed by atoms with van der Waals surface area (Å²) in [4.78, 5) is 34.6. The van der Waals surface area contributed by atoms with Gasteiger partial charge in [-0.3, -0.25) is 9.59 Å². The smallest absolute Gasteiger partial charge is 0.259 e. The number of rotatable bonds is 8. The van der Waals surface area contributed by atoms with Gasteiger partial charge in [-0.2, -0.15) is 0 Å². The molecule has 0 aromatic carbocycles. The van der Waals surface area contributed by atoms with Crippen LogP contribution < -0.4 is 10.3 Å². The van der Waals surface area contributed by atoms with E-state index in [9.17, 15) is 9.59 Å². The van der Waals surface area contributed by atoms with Gasteiger partial charge in [-0.15, -0.1) is 11.3 Å². The van der Waals surface area contributed by atoms with E-state index in [1.165, 1.54) is 24.5 Å². The minimum atomic E-state index is -0.161. The van der Waals surface area contributed by atoms with Crippen LogP contribution in [0, 0.1) is 6.92 Å². The van der Waals surface area contributed by atoms with Crippen LogP contribution in [0.4, 0.5) is 0 Å². The fourth-order valence-corrected chi connectivity index (χ4v) is 5.11. The number of ether oxygens (including phenoxy) is 1. The molecule has 0 saturated heterocycles. The van der Waals surface area contributed by atoms with Crippen LogP contribution in [-0.2, 0) is 19.5 Å². The average molecular weight is 485 g/mol. The highest BCUT2D eigenvalue weighted by molar-refractivity contribution is 7.09. The van der Waals surface area contributed by atoms with Crippen molar-refractivity contribution in [3.63, 3.8) is 0 Å². The summed E-state index contributed by atoms with van der Waals surface area (Å²) in [5.41, 5.74) is 1.09. The van der Waals surface area contributed by atoms with Crippen molar-refractivity contribution in [1.82, 2.24) is 19.4 Å². The van der Waals surface area contributed by atoms with E-state index in [2.05, 4.69) is 16.8 Å². The standard InChI is InChI=1S/C25H32N4O4S/c1-17(20-6-5-18(2)33-20)7-10-28-11-8-19-24(21(32-4)15-23(30)29(19)13-12-28)25(31)27(3)16-22-26-9-14-34-22/h5-6,9,14-15,17H,7-8,10-13,16H2,1-4H3/t17-/m1/s1. The van der Waals surface area contributed by atoms with Gasteiger partial charge in [0.05, 0.1) is 13.7 Å². The molecule has 0 saturated carbocycles. The van der Waals surface area contributed by atoms with Crippen LogP contribution in [0.2, 0.25) is 0 Å². The van der Waals surface area contributed by atoms with Crippen molar-refractivity contribution in [3.05, 3.63) is 67.9 Å². The summed E-state index contributed by atoms with van der Waals surface area (Å²) in [5, 5.41) is 2.76. The van der Waals surface area contributed by atoms with Gasteiger partial charge in [-0.25, -0.2) is 4.98 Å². The molecule has 0 spiro atoms. The van der Waals surface area contributed by atoms with E-state index in [1.54, 1.807) is 22.7 Å². The number of fused-ring (bicyclic) bond motifs is 1. The Morgan fingerprint density at radius 2 is 2.15 bits per heavy atom. The molecular formula is C25H32N4O4S. The molecule has 1 atom stereocenters. The summed E-state index contributed by atoms with van der Waals surface area (Å²) in [6.07, 6.45) is 3.30. The molecule has 0 bridgehead atoms. The lowest BCUT2D eigenvalue weighted by Crippen LogP contribution is -2.32. The Hall–Kier alpha value is -2.91. The maximum Gasteiger partial charge on any atom is 0.259 e. The second kappa shape index (κ2) is 10.6. The third-order valence-electron chi connectivity index (χ3n) is 6.45. The Labute approximate surface area is 203 Å². The summed E-state index contributed by atoms with van der Waals surface area (Å²) in [6.45, 7) is 7.51. The van der Waals surface area contributed by atoms with Gasteiger partial charge >= 0.3 is 0 Å². The Morgan fingerprint density at radius 1 is 1.32 bits per heavy atom. The predicted molar refractivity (Wildman–Crippen MR) is 132 cm³/mol. The first kappa shape index (κ1) is 24.2. The highest BCUT2D eigenvalue weighted by Crippen LogP contribution is 2.26. The van der Waals surface area contributed by atoms with Gasteiger partial charge in [0.2, 0.25) is 0 Å².